The van der Waals surface area contributed by atoms with Crippen LogP contribution in [0.2, 0.25) is 0 Å². The summed E-state index contributed by atoms with van der Waals surface area (Å²) in [5.41, 5.74) is 2.53. The Morgan fingerprint density at radius 2 is 1.72 bits per heavy atom. The zero-order valence-electron chi connectivity index (χ0n) is 17.3. The molecule has 1 aliphatic rings. The van der Waals surface area contributed by atoms with E-state index in [1.54, 1.807) is 0 Å². The molecule has 0 fully saturated rings. The van der Waals surface area contributed by atoms with Crippen LogP contribution in [-0.2, 0) is 16.1 Å². The van der Waals surface area contributed by atoms with E-state index in [1.165, 1.54) is 0 Å². The first-order valence-corrected chi connectivity index (χ1v) is 10.9. The molecular formula is C22H23I2N2O6+. The lowest BCUT2D eigenvalue weighted by Gasteiger charge is -1.91. The van der Waals surface area contributed by atoms with Gasteiger partial charge in [0.05, 0.1) is 13.3 Å². The highest BCUT2D eigenvalue weighted by atomic mass is 127. The van der Waals surface area contributed by atoms with Crippen molar-refractivity contribution in [3.05, 3.63) is 82.1 Å². The number of para-hydroxylation sites is 4. The van der Waals surface area contributed by atoms with Crippen LogP contribution in [0, 0.1) is 6.92 Å². The molecule has 1 aromatic heterocycles. The van der Waals surface area contributed by atoms with Crippen LogP contribution in [-0.4, -0.2) is 26.6 Å². The Morgan fingerprint density at radius 3 is 2.31 bits per heavy atom. The van der Waals surface area contributed by atoms with Gasteiger partial charge in [0.1, 0.15) is 6.42 Å². The lowest BCUT2D eigenvalue weighted by molar-refractivity contribution is -0.681. The van der Waals surface area contributed by atoms with E-state index in [0.29, 0.717) is 16.9 Å². The van der Waals surface area contributed by atoms with Crippen molar-refractivity contribution in [1.82, 2.24) is 0 Å². The molecule has 0 atom stereocenters. The molecule has 0 radical (unpaired) electrons. The van der Waals surface area contributed by atoms with E-state index in [9.17, 15) is 9.59 Å². The molecule has 10 heteroatoms. The Labute approximate surface area is 215 Å². The number of carbonyl (C=O) groups is 2. The normalized spacial score (nSPS) is 10.9. The third-order valence-electron chi connectivity index (χ3n) is 3.99. The molecule has 3 aromatic rings. The number of alkyl halides is 1. The molecule has 0 amide bonds. The second-order valence-corrected chi connectivity index (χ2v) is 7.37. The van der Waals surface area contributed by atoms with Crippen LogP contribution in [0.5, 0.6) is 0 Å². The van der Waals surface area contributed by atoms with E-state index in [4.69, 9.17) is 19.1 Å². The summed E-state index contributed by atoms with van der Waals surface area (Å²) < 4.78 is 13.2. The van der Waals surface area contributed by atoms with Gasteiger partial charge in [-0.25, -0.2) is 0 Å². The van der Waals surface area contributed by atoms with Crippen LogP contribution in [0.15, 0.2) is 74.8 Å². The second kappa shape index (κ2) is 13.9. The molecule has 0 saturated heterocycles. The zero-order chi connectivity index (χ0) is 22.8. The number of oxazole rings is 1. The number of carboxylic acid groups (broad SMARTS) is 2. The summed E-state index contributed by atoms with van der Waals surface area (Å²) >= 11 is 2.02. The quantitative estimate of drug-likeness (QED) is 0.170. The van der Waals surface area contributed by atoms with Crippen LogP contribution in [0.3, 0.4) is 0 Å². The largest absolute Gasteiger partial charge is 1.00 e. The molecule has 0 saturated carbocycles. The Bertz CT molecular complexity index is 1170. The molecule has 32 heavy (non-hydrogen) atoms. The van der Waals surface area contributed by atoms with Crippen molar-refractivity contribution in [3.8, 4) is 0 Å². The summed E-state index contributed by atoms with van der Waals surface area (Å²) in [5, 5.41) is 17.4. The Morgan fingerprint density at radius 1 is 1.09 bits per heavy atom. The van der Waals surface area contributed by atoms with Crippen molar-refractivity contribution in [3.63, 3.8) is 0 Å². The van der Waals surface area contributed by atoms with Gasteiger partial charge in [-0.05, 0) is 12.1 Å². The molecule has 0 aliphatic carbocycles. The maximum atomic E-state index is 10.5. The van der Waals surface area contributed by atoms with Crippen molar-refractivity contribution < 1.29 is 52.8 Å². The van der Waals surface area contributed by atoms with Gasteiger partial charge in [0, 0.05) is 23.1 Å². The zero-order valence-corrected chi connectivity index (χ0v) is 21.6. The fourth-order valence-electron chi connectivity index (χ4n) is 2.64. The van der Waals surface area contributed by atoms with Gasteiger partial charge in [0.2, 0.25) is 5.58 Å². The topological polar surface area (TPSA) is 115 Å². The maximum absolute atomic E-state index is 10.5. The highest BCUT2D eigenvalue weighted by Crippen LogP contribution is 2.12. The molecule has 2 N–H and O–H groups in total. The summed E-state index contributed by atoms with van der Waals surface area (Å²) in [4.78, 5) is 24.1. The van der Waals surface area contributed by atoms with Crippen molar-refractivity contribution in [2.24, 2.45) is 4.99 Å². The van der Waals surface area contributed by atoms with Crippen LogP contribution >= 0.6 is 22.6 Å². The highest BCUT2D eigenvalue weighted by molar-refractivity contribution is 14.1. The maximum Gasteiger partial charge on any atom is 0.446 e. The van der Waals surface area contributed by atoms with Gasteiger partial charge in [-0.1, -0.05) is 46.9 Å². The molecule has 2 aromatic carbocycles. The third-order valence-corrected chi connectivity index (χ3v) is 4.53. The van der Waals surface area contributed by atoms with Crippen molar-refractivity contribution in [2.45, 2.75) is 26.3 Å². The first-order valence-electron chi connectivity index (χ1n) is 9.37. The average Bonchev–Trinajstić information content (AvgIpc) is 3.25. The minimum atomic E-state index is -0.799. The lowest BCUT2D eigenvalue weighted by Crippen LogP contribution is -3.00. The van der Waals surface area contributed by atoms with Gasteiger partial charge in [0.25, 0.3) is 5.52 Å². The Balaban J connectivity index is 0.000000261. The number of aryl methyl sites for hydroxylation is 2. The van der Waals surface area contributed by atoms with Gasteiger partial charge in [0.15, 0.2) is 11.9 Å². The predicted molar refractivity (Wildman–Crippen MR) is 123 cm³/mol. The van der Waals surface area contributed by atoms with Crippen molar-refractivity contribution in [1.29, 1.82) is 0 Å². The number of carboxylic acids is 2. The number of fused-ring (bicyclic) bond motifs is 2. The molecule has 170 valence electrons. The van der Waals surface area contributed by atoms with E-state index in [0.717, 1.165) is 27.8 Å². The first-order chi connectivity index (χ1) is 14.8. The fraction of sp³-hybridized carbons (Fsp3) is 0.227. The van der Waals surface area contributed by atoms with E-state index in [-0.39, 0.29) is 36.8 Å². The molecule has 0 unspecified atom stereocenters. The number of halogens is 2. The summed E-state index contributed by atoms with van der Waals surface area (Å²) in [6, 6.07) is 15.2. The van der Waals surface area contributed by atoms with E-state index in [2.05, 4.69) is 11.6 Å². The van der Waals surface area contributed by atoms with Gasteiger partial charge >= 0.3 is 29.1 Å². The Hall–Kier alpha value is -2.35. The van der Waals surface area contributed by atoms with Crippen molar-refractivity contribution >= 4 is 45.6 Å². The molecule has 1 aliphatic heterocycles. The van der Waals surface area contributed by atoms with Crippen LogP contribution in [0.4, 0.5) is 0 Å². The number of nitrogens with zero attached hydrogens (tertiary/aromatic N) is 2. The minimum Gasteiger partial charge on any atom is -1.00 e. The molecule has 8 nitrogen and oxygen atoms in total. The van der Waals surface area contributed by atoms with Crippen molar-refractivity contribution in [2.75, 3.05) is 4.43 Å². The van der Waals surface area contributed by atoms with Crippen LogP contribution in [0.1, 0.15) is 18.7 Å². The summed E-state index contributed by atoms with van der Waals surface area (Å²) in [6.07, 6.45) is 0.385. The van der Waals surface area contributed by atoms with Crippen LogP contribution < -0.4 is 39.3 Å². The third kappa shape index (κ3) is 8.65. The van der Waals surface area contributed by atoms with Gasteiger partial charge in [-0.2, -0.15) is 8.99 Å². The summed E-state index contributed by atoms with van der Waals surface area (Å²) in [5.74, 6) is -0.310. The average molecular weight is 665 g/mol. The number of benzene rings is 2. The van der Waals surface area contributed by atoms with E-state index < -0.39 is 11.9 Å². The van der Waals surface area contributed by atoms with E-state index in [1.807, 2.05) is 82.6 Å². The predicted octanol–water partition coefficient (Wildman–Crippen LogP) is -0.191. The van der Waals surface area contributed by atoms with Gasteiger partial charge in [-0.15, -0.1) is 4.99 Å². The number of aliphatic carboxylic acids is 2. The molecule has 2 heterocycles. The van der Waals surface area contributed by atoms with Gasteiger partial charge < -0.3 is 38.6 Å². The summed E-state index contributed by atoms with van der Waals surface area (Å²) in [6.45, 7) is 5.86. The smallest absolute Gasteiger partial charge is 0.446 e. The minimum absolute atomic E-state index is 0. The van der Waals surface area contributed by atoms with Gasteiger partial charge in [-0.3, -0.25) is 9.59 Å². The van der Waals surface area contributed by atoms with E-state index >= 15 is 0 Å². The number of rotatable bonds is 5. The first kappa shape index (κ1) is 27.7. The standard InChI is InChI=1S/C11H11NO3.C8H6NO.C3H5IO2.HI/c1-8-12(7-6-11(13)14)9-4-2-3-5-10(9)15-8;1-6-9-7-4-2-3-5-8(7)10-6;4-2-1-3(5)6;/h2-5H,6-7H2,1H3;2-5H,1H2;1-2H2,(H,5,6);1H/q;+1;;. The lowest BCUT2D eigenvalue weighted by atomic mass is 10.3. The SMILES string of the molecule is C=C1N=c2ccccc2=[O+]1.Cc1oc2ccccc2[n+]1CCC(=O)O.O=C(O)CCI.[I-]. The molecule has 0 bridgehead atoms. The summed E-state index contributed by atoms with van der Waals surface area (Å²) in [7, 11) is 0. The Kier molecular flexibility index (Phi) is 12.1. The highest BCUT2D eigenvalue weighted by Gasteiger charge is 2.18. The fourth-order valence-corrected chi connectivity index (χ4v) is 3.10. The molecule has 4 rings (SSSR count). The van der Waals surface area contributed by atoms with Crippen LogP contribution in [0.25, 0.3) is 11.1 Å². The number of hydrogen-bond acceptors (Lipinski definition) is 4. The monoisotopic (exact) mass is 665 g/mol. The number of hydrogen-bond donors (Lipinski definition) is 2. The second-order valence-electron chi connectivity index (χ2n) is 6.29. The number of aromatic nitrogens is 1. The molecule has 0 spiro atoms. The molecular weight excluding hydrogens is 642 g/mol.